The lowest BCUT2D eigenvalue weighted by Crippen LogP contribution is -2.44. The molecule has 0 radical (unpaired) electrons. The molecule has 1 aliphatic heterocycles. The zero-order chi connectivity index (χ0) is 36.2. The van der Waals surface area contributed by atoms with Crippen LogP contribution in [-0.2, 0) is 20.1 Å². The van der Waals surface area contributed by atoms with E-state index in [0.717, 1.165) is 27.4 Å². The molecule has 1 fully saturated rings. The summed E-state index contributed by atoms with van der Waals surface area (Å²) in [5.74, 6) is 0. The van der Waals surface area contributed by atoms with Crippen LogP contribution in [0.15, 0.2) is 156 Å². The Morgan fingerprint density at radius 1 is 0.370 bits per heavy atom. The van der Waals surface area contributed by atoms with Crippen molar-refractivity contribution >= 4 is 34.5 Å². The number of benzene rings is 7. The standard InChI is InChI=1S/C50H37BO3/c1-47(2)48(3,4)54-51(53-47)30-25-26-39-34(27-30)35-29-46-36(33-17-7-14-24-45(33)52-46)28-44(35)50(39)42-22-12-10-20-40(42)49(41-21-11-13-23-43(41)50)37-18-8-5-15-31(37)32-16-6-9-19-38(32)49/h5-29H,1-4H3. The fourth-order valence-corrected chi connectivity index (χ4v) is 10.6. The van der Waals surface area contributed by atoms with E-state index < -0.39 is 29.2 Å². The summed E-state index contributed by atoms with van der Waals surface area (Å²) in [6.45, 7) is 8.48. The molecule has 3 aliphatic carbocycles. The van der Waals surface area contributed by atoms with Gasteiger partial charge in [-0.3, -0.25) is 0 Å². The number of hydrogen-bond donors (Lipinski definition) is 0. The average molecular weight is 697 g/mol. The summed E-state index contributed by atoms with van der Waals surface area (Å²) in [6, 6.07) is 56.7. The van der Waals surface area contributed by atoms with Crippen molar-refractivity contribution in [2.24, 2.45) is 0 Å². The topological polar surface area (TPSA) is 31.6 Å². The molecule has 7 aromatic carbocycles. The van der Waals surface area contributed by atoms with Crippen LogP contribution in [0.3, 0.4) is 0 Å². The Balaban J connectivity index is 1.22. The highest BCUT2D eigenvalue weighted by atomic mass is 16.7. The molecule has 3 nitrogen and oxygen atoms in total. The molecule has 1 aromatic heterocycles. The normalized spacial score (nSPS) is 18.4. The second-order valence-electron chi connectivity index (χ2n) is 16.6. The molecule has 0 saturated carbocycles. The predicted molar refractivity (Wildman–Crippen MR) is 218 cm³/mol. The van der Waals surface area contributed by atoms with Gasteiger partial charge in [0.1, 0.15) is 11.2 Å². The van der Waals surface area contributed by atoms with Gasteiger partial charge in [-0.05, 0) is 118 Å². The summed E-state index contributed by atoms with van der Waals surface area (Å²) >= 11 is 0. The molecule has 0 unspecified atom stereocenters. The van der Waals surface area contributed by atoms with Crippen LogP contribution < -0.4 is 5.46 Å². The monoisotopic (exact) mass is 696 g/mol. The molecule has 1 saturated heterocycles. The molecule has 2 spiro atoms. The second kappa shape index (κ2) is 10.1. The molecule has 2 heterocycles. The molecule has 0 amide bonds. The zero-order valence-corrected chi connectivity index (χ0v) is 30.7. The Hall–Kier alpha value is -5.68. The SMILES string of the molecule is CC1(C)OB(c2ccc3c(c2)-c2cc4oc5ccccc5c4cc2C32c3ccccc3C3(c4ccccc4-c4ccccc43)c3ccccc32)OC1(C)C. The third-order valence-corrected chi connectivity index (χ3v) is 13.6. The van der Waals surface area contributed by atoms with Gasteiger partial charge < -0.3 is 13.7 Å². The highest BCUT2D eigenvalue weighted by Gasteiger charge is 2.59. The molecule has 12 rings (SSSR count). The fourth-order valence-electron chi connectivity index (χ4n) is 10.6. The molecule has 258 valence electrons. The molecule has 0 N–H and O–H groups in total. The van der Waals surface area contributed by atoms with Gasteiger partial charge in [-0.25, -0.2) is 0 Å². The van der Waals surface area contributed by atoms with Gasteiger partial charge in [0.25, 0.3) is 0 Å². The summed E-state index contributed by atoms with van der Waals surface area (Å²) < 4.78 is 19.9. The summed E-state index contributed by atoms with van der Waals surface area (Å²) in [5.41, 5.74) is 16.3. The predicted octanol–water partition coefficient (Wildman–Crippen LogP) is 10.9. The van der Waals surface area contributed by atoms with Gasteiger partial charge in [0.2, 0.25) is 0 Å². The quantitative estimate of drug-likeness (QED) is 0.160. The number of fused-ring (bicyclic) bond motifs is 19. The van der Waals surface area contributed by atoms with E-state index >= 15 is 0 Å². The van der Waals surface area contributed by atoms with E-state index in [4.69, 9.17) is 13.7 Å². The van der Waals surface area contributed by atoms with Crippen molar-refractivity contribution in [3.05, 3.63) is 196 Å². The number of hydrogen-bond acceptors (Lipinski definition) is 3. The van der Waals surface area contributed by atoms with Gasteiger partial charge in [0.15, 0.2) is 0 Å². The Morgan fingerprint density at radius 2 is 0.833 bits per heavy atom. The first-order chi connectivity index (χ1) is 26.2. The first-order valence-corrected chi connectivity index (χ1v) is 19.1. The lowest BCUT2D eigenvalue weighted by Gasteiger charge is -2.48. The minimum absolute atomic E-state index is 0.445. The lowest BCUT2D eigenvalue weighted by atomic mass is 9.52. The van der Waals surface area contributed by atoms with Crippen LogP contribution in [0.25, 0.3) is 44.2 Å². The molecular formula is C50H37BO3. The Bertz CT molecular complexity index is 2820. The van der Waals surface area contributed by atoms with Crippen LogP contribution >= 0.6 is 0 Å². The Kier molecular flexibility index (Phi) is 5.75. The van der Waals surface area contributed by atoms with Crippen LogP contribution in [0.5, 0.6) is 0 Å². The van der Waals surface area contributed by atoms with E-state index in [1.54, 1.807) is 0 Å². The first kappa shape index (κ1) is 30.8. The Morgan fingerprint density at radius 3 is 1.43 bits per heavy atom. The van der Waals surface area contributed by atoms with Gasteiger partial charge in [0, 0.05) is 10.8 Å². The van der Waals surface area contributed by atoms with Crippen molar-refractivity contribution in [1.29, 1.82) is 0 Å². The smallest absolute Gasteiger partial charge is 0.456 e. The summed E-state index contributed by atoms with van der Waals surface area (Å²) in [5, 5.41) is 2.27. The van der Waals surface area contributed by atoms with Crippen molar-refractivity contribution in [3.8, 4) is 22.3 Å². The molecule has 4 heteroatoms. The minimum Gasteiger partial charge on any atom is -0.456 e. The summed E-state index contributed by atoms with van der Waals surface area (Å²) in [4.78, 5) is 0. The van der Waals surface area contributed by atoms with Gasteiger partial charge in [0.05, 0.1) is 22.0 Å². The number of furan rings is 1. The van der Waals surface area contributed by atoms with E-state index in [-0.39, 0.29) is 0 Å². The first-order valence-electron chi connectivity index (χ1n) is 19.1. The molecule has 4 aliphatic rings. The summed E-state index contributed by atoms with van der Waals surface area (Å²) in [6.07, 6.45) is 0. The van der Waals surface area contributed by atoms with Crippen LogP contribution in [-0.4, -0.2) is 18.3 Å². The molecule has 8 aromatic rings. The van der Waals surface area contributed by atoms with E-state index in [1.807, 2.05) is 0 Å². The third-order valence-electron chi connectivity index (χ3n) is 13.6. The van der Waals surface area contributed by atoms with Crippen molar-refractivity contribution in [3.63, 3.8) is 0 Å². The second-order valence-corrected chi connectivity index (χ2v) is 16.6. The van der Waals surface area contributed by atoms with Gasteiger partial charge in [-0.1, -0.05) is 133 Å². The fraction of sp³-hybridized carbons (Fsp3) is 0.160. The van der Waals surface area contributed by atoms with E-state index in [2.05, 4.69) is 179 Å². The average Bonchev–Trinajstić information content (AvgIpc) is 3.86. The number of rotatable bonds is 1. The molecular weight excluding hydrogens is 659 g/mol. The van der Waals surface area contributed by atoms with Gasteiger partial charge in [-0.15, -0.1) is 0 Å². The van der Waals surface area contributed by atoms with Crippen molar-refractivity contribution in [1.82, 2.24) is 0 Å². The van der Waals surface area contributed by atoms with E-state index in [0.29, 0.717) is 0 Å². The lowest BCUT2D eigenvalue weighted by molar-refractivity contribution is 0.00578. The minimum atomic E-state index is -0.601. The maximum Gasteiger partial charge on any atom is 0.494 e. The zero-order valence-electron chi connectivity index (χ0n) is 30.7. The highest BCUT2D eigenvalue weighted by molar-refractivity contribution is 6.62. The van der Waals surface area contributed by atoms with Crippen molar-refractivity contribution in [2.75, 3.05) is 0 Å². The van der Waals surface area contributed by atoms with Gasteiger partial charge >= 0.3 is 7.12 Å². The highest BCUT2D eigenvalue weighted by Crippen LogP contribution is 2.67. The van der Waals surface area contributed by atoms with Crippen LogP contribution in [0.2, 0.25) is 0 Å². The van der Waals surface area contributed by atoms with Crippen LogP contribution in [0.1, 0.15) is 72.2 Å². The van der Waals surface area contributed by atoms with Crippen molar-refractivity contribution < 1.29 is 13.7 Å². The number of para-hydroxylation sites is 1. The largest absolute Gasteiger partial charge is 0.494 e. The van der Waals surface area contributed by atoms with E-state index in [9.17, 15) is 0 Å². The molecule has 54 heavy (non-hydrogen) atoms. The molecule has 0 bridgehead atoms. The van der Waals surface area contributed by atoms with Gasteiger partial charge in [-0.2, -0.15) is 0 Å². The van der Waals surface area contributed by atoms with E-state index in [1.165, 1.54) is 66.8 Å². The maximum absolute atomic E-state index is 6.65. The maximum atomic E-state index is 6.65. The summed E-state index contributed by atoms with van der Waals surface area (Å²) in [7, 11) is -0.476. The van der Waals surface area contributed by atoms with Crippen LogP contribution in [0, 0.1) is 0 Å². The van der Waals surface area contributed by atoms with Crippen LogP contribution in [0.4, 0.5) is 0 Å². The van der Waals surface area contributed by atoms with Crippen molar-refractivity contribution in [2.45, 2.75) is 49.7 Å². The third kappa shape index (κ3) is 3.48. The Labute approximate surface area is 315 Å². The molecule has 0 atom stereocenters.